The molecule has 0 radical (unpaired) electrons. The summed E-state index contributed by atoms with van der Waals surface area (Å²) in [5.41, 5.74) is 3.81. The molecule has 0 aromatic carbocycles. The van der Waals surface area contributed by atoms with Crippen molar-refractivity contribution in [3.05, 3.63) is 40.7 Å². The molecule has 1 saturated heterocycles. The van der Waals surface area contributed by atoms with Gasteiger partial charge in [0.25, 0.3) is 5.56 Å². The van der Waals surface area contributed by atoms with Gasteiger partial charge in [0.15, 0.2) is 5.82 Å². The standard InChI is InChI=1S/C13H17N7O/c14-18-12-8-15-10(6-16-12)9-20-13(21)5-11(7-17-20)19-3-1-2-4-19/h5-8H,1-4,9,14H2,(H,16,18). The second-order valence-corrected chi connectivity index (χ2v) is 4.94. The molecule has 0 amide bonds. The maximum absolute atomic E-state index is 12.1. The van der Waals surface area contributed by atoms with E-state index < -0.39 is 0 Å². The van der Waals surface area contributed by atoms with Crippen LogP contribution in [0.25, 0.3) is 0 Å². The van der Waals surface area contributed by atoms with Gasteiger partial charge in [0.1, 0.15) is 0 Å². The molecule has 3 N–H and O–H groups in total. The molecule has 2 aromatic rings. The van der Waals surface area contributed by atoms with Crippen molar-refractivity contribution in [2.75, 3.05) is 23.4 Å². The van der Waals surface area contributed by atoms with Crippen LogP contribution in [0.1, 0.15) is 18.5 Å². The molecule has 8 nitrogen and oxygen atoms in total. The average Bonchev–Trinajstić information content (AvgIpc) is 3.04. The fraction of sp³-hybridized carbons (Fsp3) is 0.385. The summed E-state index contributed by atoms with van der Waals surface area (Å²) in [6, 6.07) is 1.63. The van der Waals surface area contributed by atoms with Gasteiger partial charge in [-0.1, -0.05) is 0 Å². The first-order valence-corrected chi connectivity index (χ1v) is 6.86. The Hall–Kier alpha value is -2.48. The van der Waals surface area contributed by atoms with Crippen LogP contribution in [0.2, 0.25) is 0 Å². The van der Waals surface area contributed by atoms with Crippen LogP contribution in [0.4, 0.5) is 11.5 Å². The van der Waals surface area contributed by atoms with Crippen molar-refractivity contribution in [3.8, 4) is 0 Å². The SMILES string of the molecule is NNc1cnc(Cn2ncc(N3CCCC3)cc2=O)cn1. The molecular formula is C13H17N7O. The zero-order chi connectivity index (χ0) is 14.7. The Morgan fingerprint density at radius 2 is 2.00 bits per heavy atom. The van der Waals surface area contributed by atoms with Gasteiger partial charge in [0.2, 0.25) is 0 Å². The van der Waals surface area contributed by atoms with Gasteiger partial charge >= 0.3 is 0 Å². The number of aromatic nitrogens is 4. The van der Waals surface area contributed by atoms with Crippen LogP contribution in [0.15, 0.2) is 29.5 Å². The van der Waals surface area contributed by atoms with Gasteiger partial charge in [-0.25, -0.2) is 15.5 Å². The molecule has 8 heteroatoms. The second kappa shape index (κ2) is 5.88. The maximum atomic E-state index is 12.1. The van der Waals surface area contributed by atoms with Crippen LogP contribution in [0, 0.1) is 0 Å². The number of rotatable bonds is 4. The number of nitrogen functional groups attached to an aromatic ring is 1. The zero-order valence-electron chi connectivity index (χ0n) is 11.6. The molecule has 0 atom stereocenters. The highest BCUT2D eigenvalue weighted by molar-refractivity contribution is 5.43. The van der Waals surface area contributed by atoms with Gasteiger partial charge in [-0.05, 0) is 12.8 Å². The number of nitrogens with one attached hydrogen (secondary N) is 1. The quantitative estimate of drug-likeness (QED) is 0.601. The van der Waals surface area contributed by atoms with Crippen LogP contribution in [0.5, 0.6) is 0 Å². The van der Waals surface area contributed by atoms with E-state index in [4.69, 9.17) is 5.84 Å². The summed E-state index contributed by atoms with van der Waals surface area (Å²) in [5.74, 6) is 5.70. The van der Waals surface area contributed by atoms with Crippen LogP contribution < -0.4 is 21.7 Å². The molecule has 2 aromatic heterocycles. The van der Waals surface area contributed by atoms with Crippen molar-refractivity contribution in [1.29, 1.82) is 0 Å². The van der Waals surface area contributed by atoms with Gasteiger partial charge < -0.3 is 10.3 Å². The molecule has 3 heterocycles. The second-order valence-electron chi connectivity index (χ2n) is 4.94. The van der Waals surface area contributed by atoms with E-state index >= 15 is 0 Å². The minimum Gasteiger partial charge on any atom is -0.370 e. The van der Waals surface area contributed by atoms with Gasteiger partial charge in [-0.15, -0.1) is 0 Å². The third kappa shape index (κ3) is 3.00. The Balaban J connectivity index is 1.77. The van der Waals surface area contributed by atoms with E-state index in [1.54, 1.807) is 18.5 Å². The molecular weight excluding hydrogens is 270 g/mol. The van der Waals surface area contributed by atoms with E-state index in [9.17, 15) is 4.79 Å². The van der Waals surface area contributed by atoms with Crippen LogP contribution >= 0.6 is 0 Å². The molecule has 0 unspecified atom stereocenters. The van der Waals surface area contributed by atoms with Crippen molar-refractivity contribution in [1.82, 2.24) is 19.7 Å². The predicted molar refractivity (Wildman–Crippen MR) is 78.9 cm³/mol. The molecule has 110 valence electrons. The Bertz CT molecular complexity index is 661. The summed E-state index contributed by atoms with van der Waals surface area (Å²) in [6.45, 7) is 2.27. The number of nitrogens with two attached hydrogens (primary N) is 1. The number of anilines is 2. The molecule has 0 spiro atoms. The molecule has 1 fully saturated rings. The molecule has 1 aliphatic rings. The van der Waals surface area contributed by atoms with Crippen molar-refractivity contribution >= 4 is 11.5 Å². The molecule has 0 aliphatic carbocycles. The molecule has 0 saturated carbocycles. The van der Waals surface area contributed by atoms with E-state index in [2.05, 4.69) is 25.4 Å². The van der Waals surface area contributed by atoms with Crippen molar-refractivity contribution in [3.63, 3.8) is 0 Å². The monoisotopic (exact) mass is 287 g/mol. The van der Waals surface area contributed by atoms with Crippen LogP contribution in [-0.2, 0) is 6.54 Å². The summed E-state index contributed by atoms with van der Waals surface area (Å²) in [6.07, 6.45) is 7.15. The van der Waals surface area contributed by atoms with E-state index in [0.29, 0.717) is 11.5 Å². The summed E-state index contributed by atoms with van der Waals surface area (Å²) in [5, 5.41) is 4.22. The van der Waals surface area contributed by atoms with Gasteiger partial charge in [0.05, 0.1) is 36.5 Å². The molecule has 0 bridgehead atoms. The molecule has 1 aliphatic heterocycles. The highest BCUT2D eigenvalue weighted by Gasteiger charge is 2.13. The first kappa shape index (κ1) is 13.5. The zero-order valence-corrected chi connectivity index (χ0v) is 11.6. The number of hydrazine groups is 1. The summed E-state index contributed by atoms with van der Waals surface area (Å²) in [4.78, 5) is 22.5. The number of nitrogens with zero attached hydrogens (tertiary/aromatic N) is 5. The predicted octanol–water partition coefficient (Wildman–Crippen LogP) is -0.0326. The summed E-state index contributed by atoms with van der Waals surface area (Å²) >= 11 is 0. The molecule has 3 rings (SSSR count). The average molecular weight is 287 g/mol. The van der Waals surface area contributed by atoms with Crippen molar-refractivity contribution in [2.24, 2.45) is 5.84 Å². The fourth-order valence-electron chi connectivity index (χ4n) is 2.36. The first-order chi connectivity index (χ1) is 10.3. The fourth-order valence-corrected chi connectivity index (χ4v) is 2.36. The van der Waals surface area contributed by atoms with Crippen molar-refractivity contribution < 1.29 is 0 Å². The maximum Gasteiger partial charge on any atom is 0.269 e. The lowest BCUT2D eigenvalue weighted by Crippen LogP contribution is -2.26. The number of hydrogen-bond donors (Lipinski definition) is 2. The Morgan fingerprint density at radius 3 is 2.62 bits per heavy atom. The summed E-state index contributed by atoms with van der Waals surface area (Å²) in [7, 11) is 0. The highest BCUT2D eigenvalue weighted by Crippen LogP contribution is 2.16. The topological polar surface area (TPSA) is 102 Å². The Kier molecular flexibility index (Phi) is 3.78. The lowest BCUT2D eigenvalue weighted by Gasteiger charge is -2.16. The number of hydrogen-bond acceptors (Lipinski definition) is 7. The van der Waals surface area contributed by atoms with E-state index in [0.717, 1.165) is 18.8 Å². The van der Waals surface area contributed by atoms with E-state index in [1.807, 2.05) is 0 Å². The Morgan fingerprint density at radius 1 is 1.19 bits per heavy atom. The highest BCUT2D eigenvalue weighted by atomic mass is 16.1. The molecule has 21 heavy (non-hydrogen) atoms. The smallest absolute Gasteiger partial charge is 0.269 e. The van der Waals surface area contributed by atoms with Gasteiger partial charge in [0, 0.05) is 19.2 Å². The van der Waals surface area contributed by atoms with Crippen LogP contribution in [0.3, 0.4) is 0 Å². The third-order valence-corrected chi connectivity index (χ3v) is 3.49. The van der Waals surface area contributed by atoms with Gasteiger partial charge in [-0.3, -0.25) is 9.78 Å². The third-order valence-electron chi connectivity index (χ3n) is 3.49. The van der Waals surface area contributed by atoms with Gasteiger partial charge in [-0.2, -0.15) is 5.10 Å². The van der Waals surface area contributed by atoms with E-state index in [-0.39, 0.29) is 12.1 Å². The summed E-state index contributed by atoms with van der Waals surface area (Å²) < 4.78 is 1.37. The minimum atomic E-state index is -0.137. The minimum absolute atomic E-state index is 0.137. The Labute approximate surface area is 121 Å². The van der Waals surface area contributed by atoms with E-state index in [1.165, 1.54) is 23.7 Å². The van der Waals surface area contributed by atoms with Crippen LogP contribution in [-0.4, -0.2) is 32.8 Å². The normalized spacial score (nSPS) is 14.4. The first-order valence-electron chi connectivity index (χ1n) is 6.86. The lowest BCUT2D eigenvalue weighted by atomic mass is 10.4. The lowest BCUT2D eigenvalue weighted by molar-refractivity contribution is 0.624. The largest absolute Gasteiger partial charge is 0.370 e. The van der Waals surface area contributed by atoms with Crippen molar-refractivity contribution in [2.45, 2.75) is 19.4 Å².